The summed E-state index contributed by atoms with van der Waals surface area (Å²) in [7, 11) is -1.63. The van der Waals surface area contributed by atoms with Gasteiger partial charge in [0.15, 0.2) is 0 Å². The van der Waals surface area contributed by atoms with E-state index in [-0.39, 0.29) is 21.8 Å². The van der Waals surface area contributed by atoms with Crippen LogP contribution in [-0.2, 0) is 19.6 Å². The Kier molecular flexibility index (Phi) is 5.91. The number of methoxy groups -OCH3 is 2. The fourth-order valence-electron chi connectivity index (χ4n) is 2.19. The highest BCUT2D eigenvalue weighted by molar-refractivity contribution is 7.92. The Morgan fingerprint density at radius 2 is 1.74 bits per heavy atom. The molecular formula is C17H18N2O7S. The summed E-state index contributed by atoms with van der Waals surface area (Å²) >= 11 is 0. The number of sulfonamides is 1. The van der Waals surface area contributed by atoms with Crippen LogP contribution in [0.3, 0.4) is 0 Å². The molecule has 3 N–H and O–H groups in total. The molecule has 0 aromatic heterocycles. The van der Waals surface area contributed by atoms with Crippen LogP contribution in [0.15, 0.2) is 41.3 Å². The molecule has 0 unspecified atom stereocenters. The minimum Gasteiger partial charge on any atom is -0.507 e. The second-order valence-electron chi connectivity index (χ2n) is 5.37. The summed E-state index contributed by atoms with van der Waals surface area (Å²) < 4.78 is 37.4. The van der Waals surface area contributed by atoms with Gasteiger partial charge in [0, 0.05) is 13.0 Å². The standard InChI is InChI=1S/C17H18N2O7S/c1-10(20)18-14-6-4-11(25-2)8-15(14)19-27(23,24)12-5-7-16(21)13(9-12)17(22)26-3/h4-9,19,21H,1-3H3,(H,18,20). The van der Waals surface area contributed by atoms with Crippen molar-refractivity contribution < 1.29 is 32.6 Å². The van der Waals surface area contributed by atoms with E-state index in [0.717, 1.165) is 25.3 Å². The number of hydrogen-bond acceptors (Lipinski definition) is 7. The lowest BCUT2D eigenvalue weighted by Gasteiger charge is -2.15. The van der Waals surface area contributed by atoms with Gasteiger partial charge in [0.1, 0.15) is 17.1 Å². The molecule has 0 radical (unpaired) electrons. The van der Waals surface area contributed by atoms with E-state index in [9.17, 15) is 23.1 Å². The molecule has 1 amide bonds. The van der Waals surface area contributed by atoms with Crippen LogP contribution in [0.4, 0.5) is 11.4 Å². The summed E-state index contributed by atoms with van der Waals surface area (Å²) in [6, 6.07) is 7.61. The predicted molar refractivity (Wildman–Crippen MR) is 97.6 cm³/mol. The fourth-order valence-corrected chi connectivity index (χ4v) is 3.29. The third-order valence-electron chi connectivity index (χ3n) is 3.47. The molecule has 0 fully saturated rings. The zero-order valence-electron chi connectivity index (χ0n) is 14.8. The first-order valence-corrected chi connectivity index (χ1v) is 9.06. The fraction of sp³-hybridized carbons (Fsp3) is 0.176. The van der Waals surface area contributed by atoms with Crippen molar-refractivity contribution in [1.82, 2.24) is 0 Å². The molecule has 10 heteroatoms. The smallest absolute Gasteiger partial charge is 0.341 e. The van der Waals surface area contributed by atoms with Crippen molar-refractivity contribution in [2.24, 2.45) is 0 Å². The van der Waals surface area contributed by atoms with Crippen LogP contribution >= 0.6 is 0 Å². The molecule has 0 heterocycles. The molecule has 0 saturated heterocycles. The molecule has 2 rings (SSSR count). The Labute approximate surface area is 156 Å². The van der Waals surface area contributed by atoms with Gasteiger partial charge in [-0.3, -0.25) is 9.52 Å². The number of esters is 1. The summed E-state index contributed by atoms with van der Waals surface area (Å²) in [4.78, 5) is 22.7. The van der Waals surface area contributed by atoms with Gasteiger partial charge in [-0.25, -0.2) is 13.2 Å². The minimum absolute atomic E-state index is 0.0669. The third-order valence-corrected chi connectivity index (χ3v) is 4.83. The third kappa shape index (κ3) is 4.67. The van der Waals surface area contributed by atoms with Crippen LogP contribution in [0.25, 0.3) is 0 Å². The number of nitrogens with one attached hydrogen (secondary N) is 2. The normalized spacial score (nSPS) is 10.8. The van der Waals surface area contributed by atoms with Gasteiger partial charge in [0.05, 0.1) is 30.5 Å². The topological polar surface area (TPSA) is 131 Å². The molecule has 2 aromatic carbocycles. The number of benzene rings is 2. The highest BCUT2D eigenvalue weighted by Gasteiger charge is 2.21. The van der Waals surface area contributed by atoms with Crippen molar-refractivity contribution in [3.05, 3.63) is 42.0 Å². The first kappa shape index (κ1) is 20.0. The second-order valence-corrected chi connectivity index (χ2v) is 7.05. The van der Waals surface area contributed by atoms with Gasteiger partial charge in [0.2, 0.25) is 5.91 Å². The molecule has 0 saturated carbocycles. The van der Waals surface area contributed by atoms with Crippen molar-refractivity contribution in [2.45, 2.75) is 11.8 Å². The summed E-state index contributed by atoms with van der Waals surface area (Å²) in [5, 5.41) is 12.2. The number of phenolic OH excluding ortho intramolecular Hbond substituents is 1. The highest BCUT2D eigenvalue weighted by atomic mass is 32.2. The number of rotatable bonds is 6. The van der Waals surface area contributed by atoms with E-state index in [1.807, 2.05) is 0 Å². The Bertz CT molecular complexity index is 987. The molecule has 0 aliphatic heterocycles. The Balaban J connectivity index is 2.47. The number of anilines is 2. The molecule has 144 valence electrons. The van der Waals surface area contributed by atoms with Crippen molar-refractivity contribution in [2.75, 3.05) is 24.3 Å². The van der Waals surface area contributed by atoms with Gasteiger partial charge in [0.25, 0.3) is 10.0 Å². The van der Waals surface area contributed by atoms with Crippen molar-refractivity contribution in [3.63, 3.8) is 0 Å². The van der Waals surface area contributed by atoms with E-state index in [0.29, 0.717) is 5.75 Å². The van der Waals surface area contributed by atoms with Crippen LogP contribution in [0, 0.1) is 0 Å². The maximum Gasteiger partial charge on any atom is 0.341 e. The summed E-state index contributed by atoms with van der Waals surface area (Å²) in [6.07, 6.45) is 0. The number of hydrogen-bond donors (Lipinski definition) is 3. The van der Waals surface area contributed by atoms with Gasteiger partial charge in [-0.05, 0) is 30.3 Å². The maximum absolute atomic E-state index is 12.7. The van der Waals surface area contributed by atoms with Crippen LogP contribution in [-0.4, -0.2) is 39.6 Å². The van der Waals surface area contributed by atoms with Gasteiger partial charge >= 0.3 is 5.97 Å². The number of carbonyl (C=O) groups is 2. The molecule has 0 aliphatic rings. The van der Waals surface area contributed by atoms with Crippen LogP contribution in [0.2, 0.25) is 0 Å². The first-order chi connectivity index (χ1) is 12.7. The maximum atomic E-state index is 12.7. The zero-order valence-corrected chi connectivity index (χ0v) is 15.6. The zero-order chi connectivity index (χ0) is 20.2. The second kappa shape index (κ2) is 7.96. The molecule has 0 atom stereocenters. The predicted octanol–water partition coefficient (Wildman–Crippen LogP) is 1.95. The lowest BCUT2D eigenvalue weighted by Crippen LogP contribution is -2.16. The SMILES string of the molecule is COC(=O)c1cc(S(=O)(=O)Nc2cc(OC)ccc2NC(C)=O)ccc1O. The van der Waals surface area contributed by atoms with Crippen LogP contribution < -0.4 is 14.8 Å². The first-order valence-electron chi connectivity index (χ1n) is 7.57. The lowest BCUT2D eigenvalue weighted by molar-refractivity contribution is -0.114. The Hall–Kier alpha value is -3.27. The summed E-state index contributed by atoms with van der Waals surface area (Å²) in [5.41, 5.74) is -0.0100. The monoisotopic (exact) mass is 394 g/mol. The Morgan fingerprint density at radius 1 is 1.04 bits per heavy atom. The van der Waals surface area contributed by atoms with Crippen LogP contribution in [0.1, 0.15) is 17.3 Å². The molecule has 0 spiro atoms. The van der Waals surface area contributed by atoms with Crippen molar-refractivity contribution >= 4 is 33.3 Å². The minimum atomic E-state index is -4.15. The summed E-state index contributed by atoms with van der Waals surface area (Å²) in [5.74, 6) is -1.33. The van der Waals surface area contributed by atoms with Crippen LogP contribution in [0.5, 0.6) is 11.5 Å². The van der Waals surface area contributed by atoms with Gasteiger partial charge < -0.3 is 19.9 Å². The average Bonchev–Trinajstić information content (AvgIpc) is 2.62. The van der Waals surface area contributed by atoms with E-state index in [1.54, 1.807) is 6.07 Å². The number of carbonyl (C=O) groups excluding carboxylic acids is 2. The number of aromatic hydroxyl groups is 1. The average molecular weight is 394 g/mol. The van der Waals surface area contributed by atoms with Gasteiger partial charge in [-0.15, -0.1) is 0 Å². The quantitative estimate of drug-likeness (QED) is 0.638. The Morgan fingerprint density at radius 3 is 2.33 bits per heavy atom. The number of phenols is 1. The highest BCUT2D eigenvalue weighted by Crippen LogP contribution is 2.30. The van der Waals surface area contributed by atoms with Gasteiger partial charge in [-0.2, -0.15) is 0 Å². The molecule has 9 nitrogen and oxygen atoms in total. The van der Waals surface area contributed by atoms with Crippen molar-refractivity contribution in [1.29, 1.82) is 0 Å². The van der Waals surface area contributed by atoms with E-state index >= 15 is 0 Å². The molecule has 0 bridgehead atoms. The lowest BCUT2D eigenvalue weighted by atomic mass is 10.2. The van der Waals surface area contributed by atoms with E-state index in [4.69, 9.17) is 4.74 Å². The largest absolute Gasteiger partial charge is 0.507 e. The van der Waals surface area contributed by atoms with Gasteiger partial charge in [-0.1, -0.05) is 0 Å². The summed E-state index contributed by atoms with van der Waals surface area (Å²) in [6.45, 7) is 1.28. The molecule has 27 heavy (non-hydrogen) atoms. The molecule has 0 aliphatic carbocycles. The van der Waals surface area contributed by atoms with Crippen molar-refractivity contribution in [3.8, 4) is 11.5 Å². The van der Waals surface area contributed by atoms with E-state index < -0.39 is 27.6 Å². The number of ether oxygens (including phenoxy) is 2. The number of amides is 1. The molecular weight excluding hydrogens is 376 g/mol. The van der Waals surface area contributed by atoms with E-state index in [2.05, 4.69) is 14.8 Å². The molecule has 2 aromatic rings. The van der Waals surface area contributed by atoms with E-state index in [1.165, 1.54) is 26.2 Å².